The van der Waals surface area contributed by atoms with Gasteiger partial charge in [-0.25, -0.2) is 0 Å². The molecule has 0 bridgehead atoms. The lowest BCUT2D eigenvalue weighted by molar-refractivity contribution is -0.182. The van der Waals surface area contributed by atoms with Crippen molar-refractivity contribution in [1.29, 1.82) is 0 Å². The summed E-state index contributed by atoms with van der Waals surface area (Å²) in [6.07, 6.45) is 2.71. The molecule has 0 N–H and O–H groups in total. The largest absolute Gasteiger partial charge is 0.439 e. The topological polar surface area (TPSA) is 46.6 Å². The molecule has 1 atom stereocenters. The molecular formula is C14H25NO3. The third kappa shape index (κ3) is 3.47. The molecule has 1 rings (SSSR count). The van der Waals surface area contributed by atoms with Crippen molar-refractivity contribution in [3.8, 4) is 0 Å². The standard InChI is InChI=1S/C14H25NO3/c1-6-7-11-8-12(16)15(9-11)14(4,5)18-13(17)10(2)3/h10-11H,6-9H2,1-5H3/t11-/m1/s1. The van der Waals surface area contributed by atoms with Crippen molar-refractivity contribution >= 4 is 11.9 Å². The average molecular weight is 255 g/mol. The fourth-order valence-electron chi connectivity index (χ4n) is 2.32. The predicted molar refractivity (Wildman–Crippen MR) is 69.7 cm³/mol. The van der Waals surface area contributed by atoms with Crippen LogP contribution in [0.1, 0.15) is 53.9 Å². The van der Waals surface area contributed by atoms with Crippen LogP contribution < -0.4 is 0 Å². The molecule has 1 amide bonds. The van der Waals surface area contributed by atoms with E-state index >= 15 is 0 Å². The van der Waals surface area contributed by atoms with E-state index in [0.29, 0.717) is 18.9 Å². The molecule has 0 unspecified atom stereocenters. The Morgan fingerprint density at radius 2 is 2.11 bits per heavy atom. The lowest BCUT2D eigenvalue weighted by Crippen LogP contribution is -2.48. The minimum atomic E-state index is -0.832. The number of hydrogen-bond donors (Lipinski definition) is 0. The molecule has 0 saturated carbocycles. The summed E-state index contributed by atoms with van der Waals surface area (Å²) in [6, 6.07) is 0. The fraction of sp³-hybridized carbons (Fsp3) is 0.857. The van der Waals surface area contributed by atoms with Crippen LogP contribution in [0.15, 0.2) is 0 Å². The van der Waals surface area contributed by atoms with E-state index in [9.17, 15) is 9.59 Å². The van der Waals surface area contributed by atoms with E-state index < -0.39 is 5.72 Å². The Kier molecular flexibility index (Phi) is 4.77. The molecule has 1 aliphatic heterocycles. The third-order valence-electron chi connectivity index (χ3n) is 3.37. The zero-order valence-electron chi connectivity index (χ0n) is 12.2. The number of nitrogens with zero attached hydrogens (tertiary/aromatic N) is 1. The number of hydrogen-bond acceptors (Lipinski definition) is 3. The first kappa shape index (κ1) is 15.0. The average Bonchev–Trinajstić information content (AvgIpc) is 2.60. The molecule has 1 heterocycles. The Morgan fingerprint density at radius 1 is 1.50 bits per heavy atom. The number of esters is 1. The first-order valence-corrected chi connectivity index (χ1v) is 6.81. The second-order valence-electron chi connectivity index (χ2n) is 5.89. The van der Waals surface area contributed by atoms with Crippen molar-refractivity contribution in [2.45, 2.75) is 59.6 Å². The molecule has 0 spiro atoms. The number of amides is 1. The number of ether oxygens (including phenoxy) is 1. The van der Waals surface area contributed by atoms with Crippen molar-refractivity contribution in [2.24, 2.45) is 11.8 Å². The van der Waals surface area contributed by atoms with Gasteiger partial charge in [0.05, 0.1) is 5.92 Å². The molecule has 104 valence electrons. The zero-order chi connectivity index (χ0) is 13.9. The Balaban J connectivity index is 2.67. The fourth-order valence-corrected chi connectivity index (χ4v) is 2.32. The third-order valence-corrected chi connectivity index (χ3v) is 3.37. The Bertz CT molecular complexity index is 323. The second kappa shape index (κ2) is 5.72. The van der Waals surface area contributed by atoms with E-state index in [1.54, 1.807) is 32.6 Å². The van der Waals surface area contributed by atoms with Crippen molar-refractivity contribution in [3.05, 3.63) is 0 Å². The first-order chi connectivity index (χ1) is 8.27. The SMILES string of the molecule is CCC[C@@H]1CC(=O)N(C(C)(C)OC(=O)C(C)C)C1. The van der Waals surface area contributed by atoms with E-state index in [0.717, 1.165) is 12.8 Å². The van der Waals surface area contributed by atoms with Gasteiger partial charge < -0.3 is 9.64 Å². The van der Waals surface area contributed by atoms with Crippen LogP contribution in [-0.2, 0) is 14.3 Å². The molecule has 1 aliphatic rings. The molecule has 4 heteroatoms. The lowest BCUT2D eigenvalue weighted by atomic mass is 10.0. The molecule has 0 aromatic heterocycles. The molecule has 18 heavy (non-hydrogen) atoms. The van der Waals surface area contributed by atoms with Crippen LogP contribution in [-0.4, -0.2) is 29.0 Å². The maximum absolute atomic E-state index is 12.0. The van der Waals surface area contributed by atoms with Gasteiger partial charge in [-0.3, -0.25) is 9.59 Å². The number of likely N-dealkylation sites (tertiary alicyclic amines) is 1. The highest BCUT2D eigenvalue weighted by atomic mass is 16.6. The number of rotatable bonds is 5. The summed E-state index contributed by atoms with van der Waals surface area (Å²) in [5.41, 5.74) is -0.832. The summed E-state index contributed by atoms with van der Waals surface area (Å²) in [7, 11) is 0. The maximum atomic E-state index is 12.0. The van der Waals surface area contributed by atoms with Crippen LogP contribution >= 0.6 is 0 Å². The summed E-state index contributed by atoms with van der Waals surface area (Å²) in [5, 5.41) is 0. The lowest BCUT2D eigenvalue weighted by Gasteiger charge is -2.35. The molecule has 0 aliphatic carbocycles. The molecule has 0 aromatic carbocycles. The van der Waals surface area contributed by atoms with Crippen molar-refractivity contribution in [3.63, 3.8) is 0 Å². The summed E-state index contributed by atoms with van der Waals surface area (Å²) in [5.74, 6) is 0.0645. The zero-order valence-corrected chi connectivity index (χ0v) is 12.2. The van der Waals surface area contributed by atoms with Gasteiger partial charge in [-0.1, -0.05) is 27.2 Å². The van der Waals surface area contributed by atoms with E-state index in [1.807, 2.05) is 0 Å². The summed E-state index contributed by atoms with van der Waals surface area (Å²) >= 11 is 0. The van der Waals surface area contributed by atoms with Gasteiger partial charge >= 0.3 is 5.97 Å². The van der Waals surface area contributed by atoms with Crippen LogP contribution in [0.25, 0.3) is 0 Å². The van der Waals surface area contributed by atoms with Crippen LogP contribution in [0.5, 0.6) is 0 Å². The van der Waals surface area contributed by atoms with Crippen molar-refractivity contribution < 1.29 is 14.3 Å². The molecule has 1 fully saturated rings. The van der Waals surface area contributed by atoms with Gasteiger partial charge in [-0.2, -0.15) is 0 Å². The molecular weight excluding hydrogens is 230 g/mol. The Morgan fingerprint density at radius 3 is 2.61 bits per heavy atom. The molecule has 0 aromatic rings. The highest BCUT2D eigenvalue weighted by molar-refractivity contribution is 5.80. The summed E-state index contributed by atoms with van der Waals surface area (Å²) < 4.78 is 5.45. The number of carbonyl (C=O) groups excluding carboxylic acids is 2. The van der Waals surface area contributed by atoms with Gasteiger partial charge in [0.25, 0.3) is 0 Å². The van der Waals surface area contributed by atoms with E-state index in [4.69, 9.17) is 4.74 Å². The Labute approximate surface area is 110 Å². The molecule has 1 saturated heterocycles. The summed E-state index contributed by atoms with van der Waals surface area (Å²) in [6.45, 7) is 10.00. The van der Waals surface area contributed by atoms with Gasteiger partial charge in [-0.15, -0.1) is 0 Å². The van der Waals surface area contributed by atoms with E-state index in [1.165, 1.54) is 0 Å². The minimum Gasteiger partial charge on any atom is -0.439 e. The van der Waals surface area contributed by atoms with Crippen molar-refractivity contribution in [2.75, 3.05) is 6.54 Å². The quantitative estimate of drug-likeness (QED) is 0.709. The van der Waals surface area contributed by atoms with Crippen LogP contribution in [0.4, 0.5) is 0 Å². The van der Waals surface area contributed by atoms with Gasteiger partial charge in [0, 0.05) is 13.0 Å². The van der Waals surface area contributed by atoms with Gasteiger partial charge in [0.2, 0.25) is 5.91 Å². The van der Waals surface area contributed by atoms with E-state index in [-0.39, 0.29) is 17.8 Å². The minimum absolute atomic E-state index is 0.0926. The van der Waals surface area contributed by atoms with Gasteiger partial charge in [0.1, 0.15) is 0 Å². The van der Waals surface area contributed by atoms with Crippen LogP contribution in [0.3, 0.4) is 0 Å². The normalized spacial score (nSPS) is 20.7. The predicted octanol–water partition coefficient (Wildman–Crippen LogP) is 2.57. The van der Waals surface area contributed by atoms with Crippen LogP contribution in [0.2, 0.25) is 0 Å². The first-order valence-electron chi connectivity index (χ1n) is 6.81. The maximum Gasteiger partial charge on any atom is 0.310 e. The monoisotopic (exact) mass is 255 g/mol. The molecule has 0 radical (unpaired) electrons. The highest BCUT2D eigenvalue weighted by Gasteiger charge is 2.41. The van der Waals surface area contributed by atoms with Crippen LogP contribution in [0, 0.1) is 11.8 Å². The van der Waals surface area contributed by atoms with Gasteiger partial charge in [-0.05, 0) is 26.2 Å². The van der Waals surface area contributed by atoms with Gasteiger partial charge in [0.15, 0.2) is 5.72 Å². The highest BCUT2D eigenvalue weighted by Crippen LogP contribution is 2.29. The second-order valence-corrected chi connectivity index (χ2v) is 5.89. The summed E-state index contributed by atoms with van der Waals surface area (Å²) in [4.78, 5) is 25.4. The van der Waals surface area contributed by atoms with Crippen molar-refractivity contribution in [1.82, 2.24) is 4.90 Å². The smallest absolute Gasteiger partial charge is 0.310 e. The Hall–Kier alpha value is -1.06. The van der Waals surface area contributed by atoms with E-state index in [2.05, 4.69) is 6.92 Å². The molecule has 4 nitrogen and oxygen atoms in total. The number of carbonyl (C=O) groups is 2.